The molecule has 1 aromatic heterocycles. The number of benzene rings is 2. The number of hydrogen-bond acceptors (Lipinski definition) is 2. The molecule has 19 heavy (non-hydrogen) atoms. The highest BCUT2D eigenvalue weighted by molar-refractivity contribution is 6.31. The molecule has 2 nitrogen and oxygen atoms in total. The van der Waals surface area contributed by atoms with Gasteiger partial charge in [-0.05, 0) is 31.2 Å². The average molecular weight is 270 g/mol. The van der Waals surface area contributed by atoms with Crippen molar-refractivity contribution < 1.29 is 5.11 Å². The molecule has 1 N–H and O–H groups in total. The Morgan fingerprint density at radius 3 is 2.47 bits per heavy atom. The molecular weight excluding hydrogens is 258 g/mol. The minimum atomic E-state index is 0.165. The number of aromatic hydroxyl groups is 1. The van der Waals surface area contributed by atoms with Gasteiger partial charge in [0, 0.05) is 16.0 Å². The SMILES string of the molecule is Cc1ccc(-c2nc3ccc(Cl)cc3cc2O)cc1. The molecule has 0 spiro atoms. The molecule has 2 aromatic carbocycles. The summed E-state index contributed by atoms with van der Waals surface area (Å²) in [5.74, 6) is 0.165. The highest BCUT2D eigenvalue weighted by Crippen LogP contribution is 2.31. The molecule has 0 fully saturated rings. The summed E-state index contributed by atoms with van der Waals surface area (Å²) in [6.45, 7) is 2.03. The fraction of sp³-hybridized carbons (Fsp3) is 0.0625. The number of nitrogens with zero attached hydrogens (tertiary/aromatic N) is 1. The van der Waals surface area contributed by atoms with Gasteiger partial charge in [-0.15, -0.1) is 0 Å². The Labute approximate surface area is 116 Å². The monoisotopic (exact) mass is 269 g/mol. The first-order valence-electron chi connectivity index (χ1n) is 6.00. The van der Waals surface area contributed by atoms with Crippen LogP contribution in [0.4, 0.5) is 0 Å². The molecule has 0 aliphatic rings. The van der Waals surface area contributed by atoms with Crippen molar-refractivity contribution in [3.8, 4) is 17.0 Å². The minimum absolute atomic E-state index is 0.165. The van der Waals surface area contributed by atoms with Crippen LogP contribution in [-0.2, 0) is 0 Å². The van der Waals surface area contributed by atoms with Crippen LogP contribution in [0.5, 0.6) is 5.75 Å². The maximum absolute atomic E-state index is 10.1. The Hall–Kier alpha value is -2.06. The van der Waals surface area contributed by atoms with Crippen molar-refractivity contribution in [3.05, 3.63) is 59.1 Å². The summed E-state index contributed by atoms with van der Waals surface area (Å²) >= 11 is 5.94. The van der Waals surface area contributed by atoms with E-state index in [2.05, 4.69) is 4.98 Å². The number of aryl methyl sites for hydroxylation is 1. The van der Waals surface area contributed by atoms with Gasteiger partial charge in [-0.3, -0.25) is 0 Å². The summed E-state index contributed by atoms with van der Waals surface area (Å²) in [5.41, 5.74) is 3.49. The highest BCUT2D eigenvalue weighted by Gasteiger charge is 2.08. The van der Waals surface area contributed by atoms with Crippen molar-refractivity contribution in [3.63, 3.8) is 0 Å². The number of hydrogen-bond donors (Lipinski definition) is 1. The molecule has 94 valence electrons. The molecule has 1 heterocycles. The molecule has 0 aliphatic heterocycles. The molecule has 0 saturated heterocycles. The average Bonchev–Trinajstić information content (AvgIpc) is 2.39. The van der Waals surface area contributed by atoms with Gasteiger partial charge < -0.3 is 5.11 Å². The van der Waals surface area contributed by atoms with Gasteiger partial charge in [0.1, 0.15) is 11.4 Å². The van der Waals surface area contributed by atoms with Crippen LogP contribution >= 0.6 is 11.6 Å². The second-order valence-corrected chi connectivity index (χ2v) is 5.00. The summed E-state index contributed by atoms with van der Waals surface area (Å²) in [4.78, 5) is 4.51. The molecule has 3 heteroatoms. The van der Waals surface area contributed by atoms with Crippen LogP contribution in [0.1, 0.15) is 5.56 Å². The summed E-state index contributed by atoms with van der Waals surface area (Å²) in [5, 5.41) is 11.6. The van der Waals surface area contributed by atoms with E-state index in [4.69, 9.17) is 11.6 Å². The molecule has 0 saturated carbocycles. The van der Waals surface area contributed by atoms with Crippen LogP contribution in [0, 0.1) is 6.92 Å². The van der Waals surface area contributed by atoms with Crippen LogP contribution in [0.2, 0.25) is 5.02 Å². The maximum atomic E-state index is 10.1. The van der Waals surface area contributed by atoms with E-state index in [-0.39, 0.29) is 5.75 Å². The Balaban J connectivity index is 2.21. The summed E-state index contributed by atoms with van der Waals surface area (Å²) < 4.78 is 0. The second-order valence-electron chi connectivity index (χ2n) is 4.56. The molecule has 0 radical (unpaired) electrons. The van der Waals surface area contributed by atoms with E-state index in [9.17, 15) is 5.11 Å². The number of halogens is 1. The fourth-order valence-corrected chi connectivity index (χ4v) is 2.24. The van der Waals surface area contributed by atoms with Gasteiger partial charge in [0.15, 0.2) is 0 Å². The Kier molecular flexibility index (Phi) is 2.88. The fourth-order valence-electron chi connectivity index (χ4n) is 2.06. The minimum Gasteiger partial charge on any atom is -0.506 e. The second kappa shape index (κ2) is 4.56. The zero-order chi connectivity index (χ0) is 13.4. The molecule has 0 unspecified atom stereocenters. The van der Waals surface area contributed by atoms with E-state index in [0.29, 0.717) is 10.7 Å². The van der Waals surface area contributed by atoms with Crippen molar-refractivity contribution in [2.24, 2.45) is 0 Å². The molecule has 3 rings (SSSR count). The Morgan fingerprint density at radius 1 is 1.00 bits per heavy atom. The van der Waals surface area contributed by atoms with Crippen LogP contribution in [0.25, 0.3) is 22.2 Å². The molecule has 0 aliphatic carbocycles. The first-order valence-corrected chi connectivity index (χ1v) is 6.37. The maximum Gasteiger partial charge on any atom is 0.142 e. The first-order chi connectivity index (χ1) is 9.13. The largest absolute Gasteiger partial charge is 0.506 e. The van der Waals surface area contributed by atoms with E-state index in [1.165, 1.54) is 5.56 Å². The molecule has 0 atom stereocenters. The van der Waals surface area contributed by atoms with Crippen molar-refractivity contribution in [2.45, 2.75) is 6.92 Å². The molecule has 0 amide bonds. The van der Waals surface area contributed by atoms with Crippen molar-refractivity contribution >= 4 is 22.5 Å². The lowest BCUT2D eigenvalue weighted by molar-refractivity contribution is 0.476. The number of aromatic nitrogens is 1. The lowest BCUT2D eigenvalue weighted by atomic mass is 10.1. The van der Waals surface area contributed by atoms with Crippen LogP contribution in [-0.4, -0.2) is 10.1 Å². The van der Waals surface area contributed by atoms with E-state index in [0.717, 1.165) is 16.5 Å². The third kappa shape index (κ3) is 2.27. The Bertz CT molecular complexity index is 751. The van der Waals surface area contributed by atoms with Gasteiger partial charge in [-0.2, -0.15) is 0 Å². The van der Waals surface area contributed by atoms with Gasteiger partial charge in [0.2, 0.25) is 0 Å². The standard InChI is InChI=1S/C16H12ClNO/c1-10-2-4-11(5-3-10)16-15(19)9-12-8-13(17)6-7-14(12)18-16/h2-9,19H,1H3. The van der Waals surface area contributed by atoms with E-state index >= 15 is 0 Å². The van der Waals surface area contributed by atoms with Crippen molar-refractivity contribution in [2.75, 3.05) is 0 Å². The van der Waals surface area contributed by atoms with E-state index in [1.807, 2.05) is 37.3 Å². The third-order valence-electron chi connectivity index (χ3n) is 3.08. The van der Waals surface area contributed by atoms with Crippen molar-refractivity contribution in [1.82, 2.24) is 4.98 Å². The van der Waals surface area contributed by atoms with Gasteiger partial charge in [-0.1, -0.05) is 41.4 Å². The summed E-state index contributed by atoms with van der Waals surface area (Å²) in [6.07, 6.45) is 0. The summed E-state index contributed by atoms with van der Waals surface area (Å²) in [6, 6.07) is 15.1. The van der Waals surface area contributed by atoms with Gasteiger partial charge in [0.05, 0.1) is 5.52 Å². The van der Waals surface area contributed by atoms with Crippen molar-refractivity contribution in [1.29, 1.82) is 0 Å². The van der Waals surface area contributed by atoms with Crippen LogP contribution < -0.4 is 0 Å². The predicted octanol–water partition coefficient (Wildman–Crippen LogP) is 4.57. The summed E-state index contributed by atoms with van der Waals surface area (Å²) in [7, 11) is 0. The number of pyridine rings is 1. The highest BCUT2D eigenvalue weighted by atomic mass is 35.5. The zero-order valence-electron chi connectivity index (χ0n) is 10.4. The number of fused-ring (bicyclic) bond motifs is 1. The van der Waals surface area contributed by atoms with Gasteiger partial charge >= 0.3 is 0 Å². The lowest BCUT2D eigenvalue weighted by Gasteiger charge is -2.07. The van der Waals surface area contributed by atoms with E-state index < -0.39 is 0 Å². The number of rotatable bonds is 1. The predicted molar refractivity (Wildman–Crippen MR) is 78.6 cm³/mol. The van der Waals surface area contributed by atoms with E-state index in [1.54, 1.807) is 18.2 Å². The molecule has 3 aromatic rings. The van der Waals surface area contributed by atoms with Crippen LogP contribution in [0.15, 0.2) is 48.5 Å². The Morgan fingerprint density at radius 2 is 1.74 bits per heavy atom. The molecule has 0 bridgehead atoms. The normalized spacial score (nSPS) is 10.8. The first kappa shape index (κ1) is 12.0. The van der Waals surface area contributed by atoms with Gasteiger partial charge in [0.25, 0.3) is 0 Å². The molecular formula is C16H12ClNO. The van der Waals surface area contributed by atoms with Gasteiger partial charge in [-0.25, -0.2) is 4.98 Å². The third-order valence-corrected chi connectivity index (χ3v) is 3.32. The smallest absolute Gasteiger partial charge is 0.142 e. The zero-order valence-corrected chi connectivity index (χ0v) is 11.1. The van der Waals surface area contributed by atoms with Crippen LogP contribution in [0.3, 0.4) is 0 Å². The topological polar surface area (TPSA) is 33.1 Å². The lowest BCUT2D eigenvalue weighted by Crippen LogP contribution is -1.87. The quantitative estimate of drug-likeness (QED) is 0.702.